The van der Waals surface area contributed by atoms with Crippen LogP contribution in [0.5, 0.6) is 11.5 Å². The van der Waals surface area contributed by atoms with Crippen LogP contribution in [0.4, 0.5) is 5.69 Å². The van der Waals surface area contributed by atoms with E-state index in [0.29, 0.717) is 36.2 Å². The molecule has 1 aromatic carbocycles. The van der Waals surface area contributed by atoms with Gasteiger partial charge in [-0.2, -0.15) is 0 Å². The monoisotopic (exact) mass is 413 g/mol. The fraction of sp³-hybridized carbons (Fsp3) is 0.381. The van der Waals surface area contributed by atoms with Crippen LogP contribution in [0.1, 0.15) is 19.1 Å². The largest absolute Gasteiger partial charge is 0.486 e. The molecule has 1 aromatic heterocycles. The van der Waals surface area contributed by atoms with E-state index in [-0.39, 0.29) is 37.2 Å². The third kappa shape index (κ3) is 4.24. The summed E-state index contributed by atoms with van der Waals surface area (Å²) in [5, 5.41) is 5.39. The lowest BCUT2D eigenvalue weighted by atomic mass is 10.1. The van der Waals surface area contributed by atoms with Gasteiger partial charge >= 0.3 is 0 Å². The van der Waals surface area contributed by atoms with E-state index in [2.05, 4.69) is 10.6 Å². The molecule has 0 bridgehead atoms. The second kappa shape index (κ2) is 8.48. The summed E-state index contributed by atoms with van der Waals surface area (Å²) < 4.78 is 16.2. The molecule has 9 nitrogen and oxygen atoms in total. The van der Waals surface area contributed by atoms with Crippen LogP contribution in [0.2, 0.25) is 0 Å². The van der Waals surface area contributed by atoms with Gasteiger partial charge in [0.05, 0.1) is 18.7 Å². The third-order valence-electron chi connectivity index (χ3n) is 5.10. The molecule has 30 heavy (non-hydrogen) atoms. The van der Waals surface area contributed by atoms with Crippen molar-refractivity contribution in [2.45, 2.75) is 25.9 Å². The number of nitrogens with zero attached hydrogens (tertiary/aromatic N) is 1. The summed E-state index contributed by atoms with van der Waals surface area (Å²) in [6.45, 7) is 3.03. The summed E-state index contributed by atoms with van der Waals surface area (Å²) in [7, 11) is 0. The first kappa shape index (κ1) is 19.8. The topological polar surface area (TPSA) is 110 Å². The fourth-order valence-corrected chi connectivity index (χ4v) is 3.47. The first-order valence-corrected chi connectivity index (χ1v) is 9.82. The van der Waals surface area contributed by atoms with Crippen molar-refractivity contribution in [2.75, 3.05) is 24.7 Å². The van der Waals surface area contributed by atoms with Crippen LogP contribution in [0.3, 0.4) is 0 Å². The number of benzene rings is 1. The molecule has 0 aliphatic carbocycles. The number of nitrogens with one attached hydrogen (secondary N) is 2. The van der Waals surface area contributed by atoms with Crippen molar-refractivity contribution in [3.05, 3.63) is 42.4 Å². The predicted molar refractivity (Wildman–Crippen MR) is 106 cm³/mol. The lowest BCUT2D eigenvalue weighted by Crippen LogP contribution is -2.46. The van der Waals surface area contributed by atoms with Gasteiger partial charge in [0.2, 0.25) is 17.7 Å². The number of anilines is 1. The normalized spacial score (nSPS) is 18.8. The molecule has 3 heterocycles. The zero-order valence-corrected chi connectivity index (χ0v) is 16.6. The van der Waals surface area contributed by atoms with Crippen molar-refractivity contribution in [1.82, 2.24) is 10.6 Å². The highest BCUT2D eigenvalue weighted by atomic mass is 16.6. The Kier molecular flexibility index (Phi) is 5.60. The van der Waals surface area contributed by atoms with Crippen molar-refractivity contribution in [3.63, 3.8) is 0 Å². The number of hydrogen-bond donors (Lipinski definition) is 2. The second-order valence-corrected chi connectivity index (χ2v) is 7.26. The zero-order valence-electron chi connectivity index (χ0n) is 16.6. The smallest absolute Gasteiger partial charge is 0.242 e. The molecule has 158 valence electrons. The second-order valence-electron chi connectivity index (χ2n) is 7.26. The lowest BCUT2D eigenvalue weighted by Gasteiger charge is -2.22. The molecule has 1 saturated heterocycles. The predicted octanol–water partition coefficient (Wildman–Crippen LogP) is 1.22. The number of fused-ring (bicyclic) bond motifs is 1. The maximum absolute atomic E-state index is 12.6. The molecule has 2 aliphatic rings. The van der Waals surface area contributed by atoms with Gasteiger partial charge in [0.15, 0.2) is 11.5 Å². The average molecular weight is 413 g/mol. The van der Waals surface area contributed by atoms with Gasteiger partial charge in [-0.1, -0.05) is 0 Å². The van der Waals surface area contributed by atoms with E-state index in [0.717, 1.165) is 0 Å². The molecule has 2 aliphatic heterocycles. The summed E-state index contributed by atoms with van der Waals surface area (Å²) in [4.78, 5) is 38.9. The van der Waals surface area contributed by atoms with Gasteiger partial charge in [-0.25, -0.2) is 0 Å². The van der Waals surface area contributed by atoms with E-state index in [1.165, 1.54) is 6.26 Å². The number of carbonyl (C=O) groups excluding carboxylic acids is 3. The van der Waals surface area contributed by atoms with E-state index in [4.69, 9.17) is 13.9 Å². The van der Waals surface area contributed by atoms with Crippen LogP contribution in [-0.4, -0.2) is 43.5 Å². The molecule has 2 N–H and O–H groups in total. The minimum atomic E-state index is -0.731. The van der Waals surface area contributed by atoms with Crippen molar-refractivity contribution >= 4 is 23.4 Å². The van der Waals surface area contributed by atoms with Gasteiger partial charge < -0.3 is 29.4 Å². The van der Waals surface area contributed by atoms with Crippen LogP contribution >= 0.6 is 0 Å². The van der Waals surface area contributed by atoms with Crippen LogP contribution < -0.4 is 25.0 Å². The van der Waals surface area contributed by atoms with Crippen LogP contribution in [0.15, 0.2) is 41.0 Å². The van der Waals surface area contributed by atoms with Crippen molar-refractivity contribution < 1.29 is 28.3 Å². The minimum Gasteiger partial charge on any atom is -0.486 e. The van der Waals surface area contributed by atoms with Crippen molar-refractivity contribution in [3.8, 4) is 11.5 Å². The van der Waals surface area contributed by atoms with Crippen molar-refractivity contribution in [1.29, 1.82) is 0 Å². The Bertz CT molecular complexity index is 942. The zero-order chi connectivity index (χ0) is 21.1. The molecule has 4 rings (SSSR count). The highest BCUT2D eigenvalue weighted by Crippen LogP contribution is 2.35. The summed E-state index contributed by atoms with van der Waals surface area (Å²) in [5.41, 5.74) is 0.656. The Morgan fingerprint density at radius 2 is 2.00 bits per heavy atom. The highest BCUT2D eigenvalue weighted by molar-refractivity contribution is 6.01. The number of hydrogen-bond acceptors (Lipinski definition) is 6. The Morgan fingerprint density at radius 1 is 1.20 bits per heavy atom. The third-order valence-corrected chi connectivity index (χ3v) is 5.10. The van der Waals surface area contributed by atoms with E-state index in [9.17, 15) is 14.4 Å². The molecule has 0 spiro atoms. The Morgan fingerprint density at radius 3 is 2.77 bits per heavy atom. The van der Waals surface area contributed by atoms with Crippen LogP contribution in [0, 0.1) is 5.92 Å². The maximum Gasteiger partial charge on any atom is 0.242 e. The summed E-state index contributed by atoms with van der Waals surface area (Å²) in [5.74, 6) is 0.504. The maximum atomic E-state index is 12.6. The minimum absolute atomic E-state index is 0.0843. The average Bonchev–Trinajstić information content (AvgIpc) is 3.41. The first-order valence-electron chi connectivity index (χ1n) is 9.82. The Labute approximate surface area is 173 Å². The van der Waals surface area contributed by atoms with Gasteiger partial charge in [0.1, 0.15) is 25.0 Å². The SMILES string of the molecule is C[C@H](NC(=O)[C@@H]1CC(=O)N(c2ccc3c(c2)OCCO3)C1)C(=O)NCc1ccco1. The van der Waals surface area contributed by atoms with Gasteiger partial charge in [-0.3, -0.25) is 14.4 Å². The quantitative estimate of drug-likeness (QED) is 0.737. The molecular weight excluding hydrogens is 390 g/mol. The van der Waals surface area contributed by atoms with Crippen molar-refractivity contribution in [2.24, 2.45) is 5.92 Å². The first-order chi connectivity index (χ1) is 14.5. The summed E-state index contributed by atoms with van der Waals surface area (Å²) in [6, 6.07) is 8.03. The molecule has 3 amide bonds. The number of carbonyl (C=O) groups is 3. The molecule has 1 fully saturated rings. The van der Waals surface area contributed by atoms with E-state index < -0.39 is 12.0 Å². The highest BCUT2D eigenvalue weighted by Gasteiger charge is 2.36. The number of ether oxygens (including phenoxy) is 2. The molecule has 0 radical (unpaired) electrons. The fourth-order valence-electron chi connectivity index (χ4n) is 3.47. The number of furan rings is 1. The van der Waals surface area contributed by atoms with E-state index in [1.54, 1.807) is 42.2 Å². The summed E-state index contributed by atoms with van der Waals surface area (Å²) in [6.07, 6.45) is 1.61. The molecule has 0 saturated carbocycles. The number of rotatable bonds is 6. The van der Waals surface area contributed by atoms with Crippen LogP contribution in [-0.2, 0) is 20.9 Å². The summed E-state index contributed by atoms with van der Waals surface area (Å²) >= 11 is 0. The molecule has 2 atom stereocenters. The van der Waals surface area contributed by atoms with Gasteiger partial charge in [-0.15, -0.1) is 0 Å². The molecule has 9 heteroatoms. The van der Waals surface area contributed by atoms with E-state index >= 15 is 0 Å². The van der Waals surface area contributed by atoms with Gasteiger partial charge in [0.25, 0.3) is 0 Å². The number of amides is 3. The van der Waals surface area contributed by atoms with Crippen LogP contribution in [0.25, 0.3) is 0 Å². The molecule has 0 unspecified atom stereocenters. The van der Waals surface area contributed by atoms with Gasteiger partial charge in [-0.05, 0) is 31.2 Å². The Balaban J connectivity index is 1.33. The standard InChI is InChI=1S/C21H23N3O6/c1-13(20(26)22-11-16-3-2-6-28-16)23-21(27)14-9-19(25)24(12-14)15-4-5-17-18(10-15)30-8-7-29-17/h2-6,10,13-14H,7-9,11-12H2,1H3,(H,22,26)(H,23,27)/t13-,14+/m0/s1. The Hall–Kier alpha value is -3.49. The molecule has 2 aromatic rings. The molecular formula is C21H23N3O6. The van der Waals surface area contributed by atoms with E-state index in [1.807, 2.05) is 0 Å². The lowest BCUT2D eigenvalue weighted by molar-refractivity contribution is -0.131. The van der Waals surface area contributed by atoms with Gasteiger partial charge in [0, 0.05) is 24.7 Å².